The van der Waals surface area contributed by atoms with Gasteiger partial charge >= 0.3 is 12.0 Å². The minimum absolute atomic E-state index is 0.0127. The lowest BCUT2D eigenvalue weighted by Gasteiger charge is -2.18. The molecule has 7 heteroatoms. The van der Waals surface area contributed by atoms with E-state index in [-0.39, 0.29) is 12.8 Å². The summed E-state index contributed by atoms with van der Waals surface area (Å²) in [7, 11) is 1.73. The van der Waals surface area contributed by atoms with Gasteiger partial charge < -0.3 is 10.1 Å². The van der Waals surface area contributed by atoms with Gasteiger partial charge in [-0.3, -0.25) is 9.47 Å². The molecule has 0 saturated heterocycles. The van der Waals surface area contributed by atoms with Gasteiger partial charge in [-0.05, 0) is 53.9 Å². The normalized spacial score (nSPS) is 10.8. The van der Waals surface area contributed by atoms with Crippen molar-refractivity contribution in [1.29, 1.82) is 0 Å². The Kier molecular flexibility index (Phi) is 8.21. The van der Waals surface area contributed by atoms with Gasteiger partial charge in [0.1, 0.15) is 5.82 Å². The molecule has 202 valence electrons. The number of amides is 2. The predicted octanol–water partition coefficient (Wildman–Crippen LogP) is 7.53. The molecule has 5 rings (SSSR count). The van der Waals surface area contributed by atoms with Gasteiger partial charge in [-0.1, -0.05) is 80.1 Å². The number of imidazole rings is 1. The standard InChI is InChI=1S/C33H32N4O3/c1-3-4-19-31-35-29-21-20-25(34-33(39)36(2)26-15-9-6-10-16-26)22-30(29)37(31)23-40-32(38)28-18-12-11-17-27(28)24-13-7-5-8-14-24/h5-18,20-22H,3-4,19,23H2,1-2H3,(H,34,39). The maximum absolute atomic E-state index is 13.3. The topological polar surface area (TPSA) is 76.5 Å². The number of aryl methyl sites for hydroxylation is 1. The summed E-state index contributed by atoms with van der Waals surface area (Å²) < 4.78 is 7.79. The number of unbranched alkanes of at least 4 members (excludes halogenated alkanes) is 1. The Hall–Kier alpha value is -4.91. The molecule has 0 saturated carbocycles. The number of carbonyl (C=O) groups excluding carboxylic acids is 2. The monoisotopic (exact) mass is 532 g/mol. The van der Waals surface area contributed by atoms with Crippen LogP contribution >= 0.6 is 0 Å². The lowest BCUT2D eigenvalue weighted by atomic mass is 10.00. The maximum atomic E-state index is 13.3. The second-order valence-electron chi connectivity index (χ2n) is 9.56. The van der Waals surface area contributed by atoms with Gasteiger partial charge in [0.15, 0.2) is 6.73 Å². The van der Waals surface area contributed by atoms with Crippen molar-refractivity contribution in [2.45, 2.75) is 32.9 Å². The molecule has 40 heavy (non-hydrogen) atoms. The highest BCUT2D eigenvalue weighted by atomic mass is 16.5. The van der Waals surface area contributed by atoms with Gasteiger partial charge in [-0.2, -0.15) is 0 Å². The van der Waals surface area contributed by atoms with E-state index in [2.05, 4.69) is 12.2 Å². The van der Waals surface area contributed by atoms with Gasteiger partial charge in [0.2, 0.25) is 0 Å². The van der Waals surface area contributed by atoms with Gasteiger partial charge in [0, 0.05) is 24.8 Å². The molecule has 0 aliphatic rings. The molecule has 0 atom stereocenters. The molecule has 0 bridgehead atoms. The third-order valence-corrected chi connectivity index (χ3v) is 6.84. The number of urea groups is 1. The molecule has 2 amide bonds. The molecule has 7 nitrogen and oxygen atoms in total. The number of nitrogens with zero attached hydrogens (tertiary/aromatic N) is 3. The first kappa shape index (κ1) is 26.7. The van der Waals surface area contributed by atoms with Crippen LogP contribution in [-0.2, 0) is 17.9 Å². The number of ether oxygens (including phenoxy) is 1. The zero-order chi connectivity index (χ0) is 27.9. The molecule has 1 N–H and O–H groups in total. The van der Waals surface area contributed by atoms with Crippen molar-refractivity contribution in [1.82, 2.24) is 9.55 Å². The third-order valence-electron chi connectivity index (χ3n) is 6.84. The number of esters is 1. The van der Waals surface area contributed by atoms with Crippen molar-refractivity contribution in [3.63, 3.8) is 0 Å². The summed E-state index contributed by atoms with van der Waals surface area (Å²) in [4.78, 5) is 32.6. The Labute approximate surface area is 234 Å². The number of aromatic nitrogens is 2. The zero-order valence-electron chi connectivity index (χ0n) is 22.7. The van der Waals surface area contributed by atoms with E-state index in [0.29, 0.717) is 11.3 Å². The van der Waals surface area contributed by atoms with Crippen LogP contribution < -0.4 is 10.2 Å². The third kappa shape index (κ3) is 5.89. The summed E-state index contributed by atoms with van der Waals surface area (Å²) >= 11 is 0. The smallest absolute Gasteiger partial charge is 0.340 e. The van der Waals surface area contributed by atoms with E-state index in [1.54, 1.807) is 18.0 Å². The van der Waals surface area contributed by atoms with Crippen LogP contribution in [0.4, 0.5) is 16.2 Å². The fraction of sp³-hybridized carbons (Fsp3) is 0.182. The van der Waals surface area contributed by atoms with Crippen LogP contribution in [-0.4, -0.2) is 28.6 Å². The first-order chi connectivity index (χ1) is 19.5. The number of nitrogens with one attached hydrogen (secondary N) is 1. The maximum Gasteiger partial charge on any atom is 0.340 e. The lowest BCUT2D eigenvalue weighted by Crippen LogP contribution is -2.31. The average molecular weight is 533 g/mol. The first-order valence-electron chi connectivity index (χ1n) is 13.5. The SMILES string of the molecule is CCCCc1nc2ccc(NC(=O)N(C)c3ccccc3)cc2n1COC(=O)c1ccccc1-c1ccccc1. The summed E-state index contributed by atoms with van der Waals surface area (Å²) in [5.41, 5.74) is 5.26. The number of benzene rings is 4. The number of rotatable bonds is 9. The number of fused-ring (bicyclic) bond motifs is 1. The van der Waals surface area contributed by atoms with Crippen LogP contribution in [0.2, 0.25) is 0 Å². The highest BCUT2D eigenvalue weighted by Crippen LogP contribution is 2.26. The predicted molar refractivity (Wildman–Crippen MR) is 160 cm³/mol. The molecular weight excluding hydrogens is 500 g/mol. The molecule has 1 heterocycles. The van der Waals surface area contributed by atoms with Crippen LogP contribution in [0.1, 0.15) is 35.9 Å². The Bertz CT molecular complexity index is 1610. The fourth-order valence-electron chi connectivity index (χ4n) is 4.63. The van der Waals surface area contributed by atoms with Gasteiger partial charge in [0.25, 0.3) is 0 Å². The lowest BCUT2D eigenvalue weighted by molar-refractivity contribution is 0.0375. The summed E-state index contributed by atoms with van der Waals surface area (Å²) in [5, 5.41) is 2.97. The number of para-hydroxylation sites is 1. The zero-order valence-corrected chi connectivity index (χ0v) is 22.7. The molecule has 5 aromatic rings. The second kappa shape index (κ2) is 12.3. The molecule has 4 aromatic carbocycles. The molecule has 0 spiro atoms. The summed E-state index contributed by atoms with van der Waals surface area (Å²) in [6.45, 7) is 2.14. The van der Waals surface area contributed by atoms with E-state index in [0.717, 1.165) is 52.9 Å². The summed E-state index contributed by atoms with van der Waals surface area (Å²) in [6, 6.07) is 32.0. The number of anilines is 2. The molecule has 0 unspecified atom stereocenters. The number of carbonyl (C=O) groups is 2. The Balaban J connectivity index is 1.40. The van der Waals surface area contributed by atoms with E-state index in [4.69, 9.17) is 9.72 Å². The van der Waals surface area contributed by atoms with E-state index >= 15 is 0 Å². The van der Waals surface area contributed by atoms with Gasteiger partial charge in [-0.15, -0.1) is 0 Å². The Morgan fingerprint density at radius 2 is 1.60 bits per heavy atom. The Morgan fingerprint density at radius 3 is 2.35 bits per heavy atom. The van der Waals surface area contributed by atoms with Crippen molar-refractivity contribution in [2.24, 2.45) is 0 Å². The highest BCUT2D eigenvalue weighted by molar-refractivity contribution is 6.02. The average Bonchev–Trinajstić information content (AvgIpc) is 3.35. The number of hydrogen-bond donors (Lipinski definition) is 1. The van der Waals surface area contributed by atoms with Crippen molar-refractivity contribution in [3.05, 3.63) is 115 Å². The minimum atomic E-state index is -0.406. The largest absolute Gasteiger partial charge is 0.440 e. The van der Waals surface area contributed by atoms with Crippen molar-refractivity contribution in [3.8, 4) is 11.1 Å². The van der Waals surface area contributed by atoms with Gasteiger partial charge in [0.05, 0.1) is 16.6 Å². The molecule has 1 aromatic heterocycles. The van der Waals surface area contributed by atoms with E-state index < -0.39 is 5.97 Å². The van der Waals surface area contributed by atoms with Crippen LogP contribution in [0.5, 0.6) is 0 Å². The van der Waals surface area contributed by atoms with Crippen LogP contribution in [0, 0.1) is 0 Å². The molecule has 0 radical (unpaired) electrons. The van der Waals surface area contributed by atoms with E-state index in [9.17, 15) is 9.59 Å². The van der Waals surface area contributed by atoms with Crippen LogP contribution in [0.15, 0.2) is 103 Å². The first-order valence-corrected chi connectivity index (χ1v) is 13.5. The van der Waals surface area contributed by atoms with Crippen molar-refractivity contribution in [2.75, 3.05) is 17.3 Å². The fourth-order valence-corrected chi connectivity index (χ4v) is 4.63. The van der Waals surface area contributed by atoms with Gasteiger partial charge in [-0.25, -0.2) is 14.6 Å². The van der Waals surface area contributed by atoms with Crippen LogP contribution in [0.3, 0.4) is 0 Å². The summed E-state index contributed by atoms with van der Waals surface area (Å²) in [6.07, 6.45) is 2.72. The quantitative estimate of drug-likeness (QED) is 0.199. The second-order valence-corrected chi connectivity index (χ2v) is 9.56. The van der Waals surface area contributed by atoms with Crippen molar-refractivity contribution < 1.29 is 14.3 Å². The van der Waals surface area contributed by atoms with E-state index in [1.807, 2.05) is 102 Å². The minimum Gasteiger partial charge on any atom is -0.440 e. The molecular formula is C33H32N4O3. The van der Waals surface area contributed by atoms with Crippen LogP contribution in [0.25, 0.3) is 22.2 Å². The van der Waals surface area contributed by atoms with E-state index in [1.165, 1.54) is 0 Å². The molecule has 0 aliphatic carbocycles. The summed E-state index contributed by atoms with van der Waals surface area (Å²) in [5.74, 6) is 0.433. The molecule has 0 aliphatic heterocycles. The highest BCUT2D eigenvalue weighted by Gasteiger charge is 2.18. The van der Waals surface area contributed by atoms with Crippen molar-refractivity contribution >= 4 is 34.4 Å². The Morgan fingerprint density at radius 1 is 0.900 bits per heavy atom. The number of hydrogen-bond acceptors (Lipinski definition) is 4. The molecule has 0 fully saturated rings.